The van der Waals surface area contributed by atoms with Crippen LogP contribution in [0.25, 0.3) is 0 Å². The lowest BCUT2D eigenvalue weighted by Gasteiger charge is -2.08. The Morgan fingerprint density at radius 3 is 2.53 bits per heavy atom. The fourth-order valence-corrected chi connectivity index (χ4v) is 1.46. The van der Waals surface area contributed by atoms with Gasteiger partial charge in [0.1, 0.15) is 0 Å². The molecule has 3 nitrogen and oxygen atoms in total. The summed E-state index contributed by atoms with van der Waals surface area (Å²) in [7, 11) is 0. The number of pyridine rings is 1. The highest BCUT2D eigenvalue weighted by Gasteiger charge is 1.98. The molecule has 0 fully saturated rings. The van der Waals surface area contributed by atoms with Gasteiger partial charge in [0, 0.05) is 16.4 Å². The Morgan fingerprint density at radius 1 is 1.13 bits per heavy atom. The van der Waals surface area contributed by atoms with Gasteiger partial charge in [-0.1, -0.05) is 15.9 Å². The van der Waals surface area contributed by atoms with Crippen LogP contribution in [0.5, 0.6) is 0 Å². The van der Waals surface area contributed by atoms with Crippen molar-refractivity contribution < 1.29 is 0 Å². The van der Waals surface area contributed by atoms with E-state index in [1.165, 1.54) is 0 Å². The minimum Gasteiger partial charge on any atom is -0.397 e. The van der Waals surface area contributed by atoms with E-state index in [2.05, 4.69) is 26.2 Å². The standard InChI is InChI=1S/C11H10BrN3/c12-8-1-3-9(4-2-8)15-11-7-14-6-5-10(11)13/h1-7,15H,(H2,13,14). The van der Waals surface area contributed by atoms with Crippen LogP contribution >= 0.6 is 15.9 Å². The van der Waals surface area contributed by atoms with Crippen LogP contribution < -0.4 is 11.1 Å². The first kappa shape index (κ1) is 9.98. The number of aromatic nitrogens is 1. The first-order valence-electron chi connectivity index (χ1n) is 4.48. The summed E-state index contributed by atoms with van der Waals surface area (Å²) in [5, 5.41) is 3.19. The molecule has 0 aliphatic carbocycles. The summed E-state index contributed by atoms with van der Waals surface area (Å²) in [6.07, 6.45) is 3.37. The molecule has 0 aliphatic rings. The second-order valence-corrected chi connectivity index (χ2v) is 4.01. The molecule has 0 amide bonds. The van der Waals surface area contributed by atoms with Gasteiger partial charge >= 0.3 is 0 Å². The summed E-state index contributed by atoms with van der Waals surface area (Å²) in [5.74, 6) is 0. The Balaban J connectivity index is 2.22. The molecule has 0 bridgehead atoms. The lowest BCUT2D eigenvalue weighted by Crippen LogP contribution is -1.96. The van der Waals surface area contributed by atoms with Crippen LogP contribution in [-0.2, 0) is 0 Å². The number of hydrogen-bond donors (Lipinski definition) is 2. The quantitative estimate of drug-likeness (QED) is 0.875. The Morgan fingerprint density at radius 2 is 1.87 bits per heavy atom. The van der Waals surface area contributed by atoms with Crippen LogP contribution in [0.15, 0.2) is 47.2 Å². The van der Waals surface area contributed by atoms with Gasteiger partial charge in [-0.2, -0.15) is 0 Å². The largest absolute Gasteiger partial charge is 0.397 e. The summed E-state index contributed by atoms with van der Waals surface area (Å²) in [6.45, 7) is 0. The van der Waals surface area contributed by atoms with Gasteiger partial charge in [-0.15, -0.1) is 0 Å². The first-order valence-corrected chi connectivity index (χ1v) is 5.27. The van der Waals surface area contributed by atoms with Crippen LogP contribution in [0, 0.1) is 0 Å². The van der Waals surface area contributed by atoms with Gasteiger partial charge in [0.2, 0.25) is 0 Å². The topological polar surface area (TPSA) is 50.9 Å². The maximum atomic E-state index is 5.79. The van der Waals surface area contributed by atoms with Crippen molar-refractivity contribution in [3.05, 3.63) is 47.2 Å². The molecule has 0 saturated heterocycles. The Hall–Kier alpha value is -1.55. The molecule has 1 aromatic heterocycles. The number of nitrogen functional groups attached to an aromatic ring is 1. The van der Waals surface area contributed by atoms with Gasteiger partial charge in [0.15, 0.2) is 0 Å². The lowest BCUT2D eigenvalue weighted by molar-refractivity contribution is 1.32. The predicted molar refractivity (Wildman–Crippen MR) is 66.1 cm³/mol. The van der Waals surface area contributed by atoms with E-state index in [0.717, 1.165) is 15.8 Å². The van der Waals surface area contributed by atoms with Gasteiger partial charge in [-0.3, -0.25) is 4.98 Å². The summed E-state index contributed by atoms with van der Waals surface area (Å²) < 4.78 is 1.05. The molecule has 76 valence electrons. The highest BCUT2D eigenvalue weighted by molar-refractivity contribution is 9.10. The van der Waals surface area contributed by atoms with Crippen LogP contribution in [0.1, 0.15) is 0 Å². The maximum Gasteiger partial charge on any atom is 0.0804 e. The zero-order valence-corrected chi connectivity index (χ0v) is 9.53. The molecule has 0 atom stereocenters. The Kier molecular flexibility index (Phi) is 2.87. The zero-order chi connectivity index (χ0) is 10.7. The minimum absolute atomic E-state index is 0.688. The number of halogens is 1. The van der Waals surface area contributed by atoms with Crippen molar-refractivity contribution in [2.45, 2.75) is 0 Å². The number of benzene rings is 1. The zero-order valence-electron chi connectivity index (χ0n) is 7.94. The van der Waals surface area contributed by atoms with Gasteiger partial charge in [-0.05, 0) is 30.3 Å². The van der Waals surface area contributed by atoms with Crippen molar-refractivity contribution in [1.29, 1.82) is 0 Å². The van der Waals surface area contributed by atoms with Crippen LogP contribution in [-0.4, -0.2) is 4.98 Å². The molecule has 0 unspecified atom stereocenters. The molecular formula is C11H10BrN3. The summed E-state index contributed by atoms with van der Waals surface area (Å²) in [4.78, 5) is 4.01. The van der Waals surface area contributed by atoms with Crippen LogP contribution in [0.4, 0.5) is 17.1 Å². The van der Waals surface area contributed by atoms with Gasteiger partial charge < -0.3 is 11.1 Å². The van der Waals surface area contributed by atoms with E-state index in [1.807, 2.05) is 24.3 Å². The maximum absolute atomic E-state index is 5.79. The third-order valence-electron chi connectivity index (χ3n) is 1.98. The summed E-state index contributed by atoms with van der Waals surface area (Å²) in [6, 6.07) is 9.64. The lowest BCUT2D eigenvalue weighted by atomic mass is 10.3. The highest BCUT2D eigenvalue weighted by atomic mass is 79.9. The molecule has 4 heteroatoms. The smallest absolute Gasteiger partial charge is 0.0804 e. The fraction of sp³-hybridized carbons (Fsp3) is 0. The number of nitrogens with two attached hydrogens (primary N) is 1. The molecule has 2 rings (SSSR count). The van der Waals surface area contributed by atoms with E-state index >= 15 is 0 Å². The molecule has 0 aliphatic heterocycles. The fourth-order valence-electron chi connectivity index (χ4n) is 1.20. The summed E-state index contributed by atoms with van der Waals surface area (Å²) in [5.41, 5.74) is 8.28. The molecule has 2 aromatic rings. The number of anilines is 3. The molecule has 1 heterocycles. The Labute approximate surface area is 96.5 Å². The second kappa shape index (κ2) is 4.31. The number of rotatable bonds is 2. The third-order valence-corrected chi connectivity index (χ3v) is 2.51. The molecule has 1 aromatic carbocycles. The normalized spacial score (nSPS) is 9.93. The predicted octanol–water partition coefficient (Wildman–Crippen LogP) is 3.17. The van der Waals surface area contributed by atoms with Crippen molar-refractivity contribution in [1.82, 2.24) is 4.98 Å². The van der Waals surface area contributed by atoms with E-state index in [1.54, 1.807) is 18.5 Å². The van der Waals surface area contributed by atoms with Gasteiger partial charge in [-0.25, -0.2) is 0 Å². The second-order valence-electron chi connectivity index (χ2n) is 3.09. The van der Waals surface area contributed by atoms with Gasteiger partial charge in [0.05, 0.1) is 17.6 Å². The number of nitrogens with one attached hydrogen (secondary N) is 1. The molecule has 15 heavy (non-hydrogen) atoms. The Bertz CT molecular complexity index is 454. The van der Waals surface area contributed by atoms with E-state index < -0.39 is 0 Å². The molecule has 3 N–H and O–H groups in total. The van der Waals surface area contributed by atoms with Crippen molar-refractivity contribution in [2.75, 3.05) is 11.1 Å². The molecule has 0 radical (unpaired) electrons. The molecule has 0 spiro atoms. The van der Waals surface area contributed by atoms with Gasteiger partial charge in [0.25, 0.3) is 0 Å². The summed E-state index contributed by atoms with van der Waals surface area (Å²) >= 11 is 3.38. The number of nitrogens with zero attached hydrogens (tertiary/aromatic N) is 1. The number of hydrogen-bond acceptors (Lipinski definition) is 3. The minimum atomic E-state index is 0.688. The molecular weight excluding hydrogens is 254 g/mol. The van der Waals surface area contributed by atoms with Crippen molar-refractivity contribution in [3.63, 3.8) is 0 Å². The van der Waals surface area contributed by atoms with Crippen molar-refractivity contribution in [2.24, 2.45) is 0 Å². The van der Waals surface area contributed by atoms with Crippen LogP contribution in [0.3, 0.4) is 0 Å². The van der Waals surface area contributed by atoms with E-state index in [4.69, 9.17) is 5.73 Å². The molecule has 0 saturated carbocycles. The van der Waals surface area contributed by atoms with Crippen LogP contribution in [0.2, 0.25) is 0 Å². The van der Waals surface area contributed by atoms with E-state index in [9.17, 15) is 0 Å². The van der Waals surface area contributed by atoms with E-state index in [0.29, 0.717) is 5.69 Å². The first-order chi connectivity index (χ1) is 7.25. The van der Waals surface area contributed by atoms with Crippen molar-refractivity contribution in [3.8, 4) is 0 Å². The van der Waals surface area contributed by atoms with Crippen molar-refractivity contribution >= 4 is 33.0 Å². The highest BCUT2D eigenvalue weighted by Crippen LogP contribution is 2.22. The monoisotopic (exact) mass is 263 g/mol. The SMILES string of the molecule is Nc1ccncc1Nc1ccc(Br)cc1. The average molecular weight is 264 g/mol. The third kappa shape index (κ3) is 2.47. The average Bonchev–Trinajstić information content (AvgIpc) is 2.25. The van der Waals surface area contributed by atoms with E-state index in [-0.39, 0.29) is 0 Å².